The minimum atomic E-state index is -3.14. The number of ether oxygens (including phenoxy) is 1. The summed E-state index contributed by atoms with van der Waals surface area (Å²) in [5.41, 5.74) is 2.04. The summed E-state index contributed by atoms with van der Waals surface area (Å²) in [7, 11) is -3.14. The lowest BCUT2D eigenvalue weighted by Crippen LogP contribution is -2.17. The molecule has 5 heteroatoms. The maximum Gasteiger partial charge on any atom is 0.338 e. The molecule has 0 saturated heterocycles. The van der Waals surface area contributed by atoms with Crippen LogP contribution in [-0.4, -0.2) is 26.7 Å². The molecule has 0 amide bonds. The molecule has 1 unspecified atom stereocenters. The van der Waals surface area contributed by atoms with E-state index in [-0.39, 0.29) is 11.9 Å². The number of rotatable bonds is 6. The fourth-order valence-electron chi connectivity index (χ4n) is 2.33. The van der Waals surface area contributed by atoms with Crippen LogP contribution in [0.1, 0.15) is 28.4 Å². The molecule has 0 spiro atoms. The van der Waals surface area contributed by atoms with Crippen molar-refractivity contribution >= 4 is 15.8 Å². The zero-order chi connectivity index (χ0) is 16.9. The standard InChI is InChI=1S/C18H20O4S/c1-14(11-15-7-4-3-5-8-15)22-18(19)17-10-6-9-16(12-17)13-23(2,20)21/h3-10,12,14H,11,13H2,1-2H3. The molecule has 0 saturated carbocycles. The molecule has 0 aliphatic rings. The van der Waals surface area contributed by atoms with Crippen molar-refractivity contribution in [3.8, 4) is 0 Å². The number of sulfone groups is 1. The average molecular weight is 332 g/mol. The van der Waals surface area contributed by atoms with Crippen LogP contribution in [0, 0.1) is 0 Å². The summed E-state index contributed by atoms with van der Waals surface area (Å²) in [6.45, 7) is 1.84. The molecule has 0 heterocycles. The van der Waals surface area contributed by atoms with Crippen LogP contribution < -0.4 is 0 Å². The molecule has 0 bridgehead atoms. The van der Waals surface area contributed by atoms with Gasteiger partial charge in [-0.25, -0.2) is 13.2 Å². The molecule has 0 aliphatic carbocycles. The molecular formula is C18H20O4S. The Labute approximate surface area is 137 Å². The fourth-order valence-corrected chi connectivity index (χ4v) is 3.11. The van der Waals surface area contributed by atoms with E-state index in [9.17, 15) is 13.2 Å². The second-order valence-electron chi connectivity index (χ2n) is 5.68. The number of carbonyl (C=O) groups excluding carboxylic acids is 1. The molecule has 4 nitrogen and oxygen atoms in total. The molecule has 2 aromatic carbocycles. The van der Waals surface area contributed by atoms with Crippen LogP contribution in [0.15, 0.2) is 54.6 Å². The Balaban J connectivity index is 2.01. The Morgan fingerprint density at radius 1 is 1.04 bits per heavy atom. The molecule has 2 rings (SSSR count). The molecule has 0 aromatic heterocycles. The summed E-state index contributed by atoms with van der Waals surface area (Å²) in [5, 5.41) is 0. The van der Waals surface area contributed by atoms with E-state index in [0.29, 0.717) is 17.5 Å². The van der Waals surface area contributed by atoms with E-state index < -0.39 is 15.8 Å². The Morgan fingerprint density at radius 2 is 1.70 bits per heavy atom. The van der Waals surface area contributed by atoms with Crippen LogP contribution in [0.25, 0.3) is 0 Å². The molecule has 23 heavy (non-hydrogen) atoms. The first-order valence-electron chi connectivity index (χ1n) is 7.35. The first-order valence-corrected chi connectivity index (χ1v) is 9.41. The minimum absolute atomic E-state index is 0.0896. The molecule has 122 valence electrons. The lowest BCUT2D eigenvalue weighted by atomic mass is 10.1. The third kappa shape index (κ3) is 5.87. The Hall–Kier alpha value is -2.14. The minimum Gasteiger partial charge on any atom is -0.459 e. The van der Waals surface area contributed by atoms with Crippen LogP contribution in [0.3, 0.4) is 0 Å². The van der Waals surface area contributed by atoms with Crippen LogP contribution in [-0.2, 0) is 26.7 Å². The van der Waals surface area contributed by atoms with Gasteiger partial charge in [0.2, 0.25) is 0 Å². The lowest BCUT2D eigenvalue weighted by Gasteiger charge is -2.13. The highest BCUT2D eigenvalue weighted by atomic mass is 32.2. The van der Waals surface area contributed by atoms with E-state index in [4.69, 9.17) is 4.74 Å². The number of benzene rings is 2. The smallest absolute Gasteiger partial charge is 0.338 e. The fraction of sp³-hybridized carbons (Fsp3) is 0.278. The van der Waals surface area contributed by atoms with Crippen molar-refractivity contribution < 1.29 is 17.9 Å². The van der Waals surface area contributed by atoms with Gasteiger partial charge in [0.1, 0.15) is 6.10 Å². The number of carbonyl (C=O) groups is 1. The first-order chi connectivity index (χ1) is 10.8. The Bertz CT molecular complexity index is 767. The van der Waals surface area contributed by atoms with E-state index in [0.717, 1.165) is 5.56 Å². The van der Waals surface area contributed by atoms with E-state index in [1.165, 1.54) is 6.26 Å². The first kappa shape index (κ1) is 17.2. The second kappa shape index (κ2) is 7.42. The average Bonchev–Trinajstić information content (AvgIpc) is 2.46. The van der Waals surface area contributed by atoms with Gasteiger partial charge in [-0.05, 0) is 30.2 Å². The van der Waals surface area contributed by atoms with Crippen molar-refractivity contribution in [1.29, 1.82) is 0 Å². The molecule has 1 atom stereocenters. The third-order valence-corrected chi connectivity index (χ3v) is 4.12. The van der Waals surface area contributed by atoms with Crippen LogP contribution in [0.5, 0.6) is 0 Å². The SMILES string of the molecule is CC(Cc1ccccc1)OC(=O)c1cccc(CS(C)(=O)=O)c1. The highest BCUT2D eigenvalue weighted by molar-refractivity contribution is 7.89. The maximum atomic E-state index is 12.2. The lowest BCUT2D eigenvalue weighted by molar-refractivity contribution is 0.0343. The van der Waals surface area contributed by atoms with Gasteiger partial charge in [-0.15, -0.1) is 0 Å². The zero-order valence-electron chi connectivity index (χ0n) is 13.2. The molecule has 0 aliphatic heterocycles. The van der Waals surface area contributed by atoms with Crippen molar-refractivity contribution in [3.05, 3.63) is 71.3 Å². The van der Waals surface area contributed by atoms with Gasteiger partial charge in [-0.3, -0.25) is 0 Å². The molecule has 0 N–H and O–H groups in total. The third-order valence-electron chi connectivity index (χ3n) is 3.27. The predicted molar refractivity (Wildman–Crippen MR) is 90.0 cm³/mol. The zero-order valence-corrected chi connectivity index (χ0v) is 14.0. The Morgan fingerprint density at radius 3 is 2.35 bits per heavy atom. The van der Waals surface area contributed by atoms with Crippen molar-refractivity contribution in [2.45, 2.75) is 25.2 Å². The van der Waals surface area contributed by atoms with Gasteiger partial charge in [-0.2, -0.15) is 0 Å². The van der Waals surface area contributed by atoms with Crippen molar-refractivity contribution in [1.82, 2.24) is 0 Å². The number of esters is 1. The van der Waals surface area contributed by atoms with E-state index in [2.05, 4.69) is 0 Å². The second-order valence-corrected chi connectivity index (χ2v) is 7.82. The van der Waals surface area contributed by atoms with Gasteiger partial charge in [0.25, 0.3) is 0 Å². The van der Waals surface area contributed by atoms with Gasteiger partial charge >= 0.3 is 5.97 Å². The van der Waals surface area contributed by atoms with Gasteiger partial charge in [0.15, 0.2) is 9.84 Å². The topological polar surface area (TPSA) is 60.4 Å². The van der Waals surface area contributed by atoms with Gasteiger partial charge < -0.3 is 4.74 Å². The monoisotopic (exact) mass is 332 g/mol. The van der Waals surface area contributed by atoms with Gasteiger partial charge in [0, 0.05) is 12.7 Å². The summed E-state index contributed by atoms with van der Waals surface area (Å²) in [6.07, 6.45) is 1.54. The maximum absolute atomic E-state index is 12.2. The normalized spacial score (nSPS) is 12.6. The predicted octanol–water partition coefficient (Wildman–Crippen LogP) is 3.02. The number of hydrogen-bond donors (Lipinski definition) is 0. The molecular weight excluding hydrogens is 312 g/mol. The van der Waals surface area contributed by atoms with Crippen molar-refractivity contribution in [3.63, 3.8) is 0 Å². The van der Waals surface area contributed by atoms with Crippen LogP contribution >= 0.6 is 0 Å². The van der Waals surface area contributed by atoms with Gasteiger partial charge in [0.05, 0.1) is 11.3 Å². The van der Waals surface area contributed by atoms with Crippen LogP contribution in [0.2, 0.25) is 0 Å². The summed E-state index contributed by atoms with van der Waals surface area (Å²) < 4.78 is 28.1. The quantitative estimate of drug-likeness (QED) is 0.763. The summed E-state index contributed by atoms with van der Waals surface area (Å²) in [6, 6.07) is 16.3. The van der Waals surface area contributed by atoms with Gasteiger partial charge in [-0.1, -0.05) is 42.5 Å². The highest BCUT2D eigenvalue weighted by Gasteiger charge is 2.14. The molecule has 0 radical (unpaired) electrons. The summed E-state index contributed by atoms with van der Waals surface area (Å²) in [5.74, 6) is -0.531. The van der Waals surface area contributed by atoms with Crippen LogP contribution in [0.4, 0.5) is 0 Å². The largest absolute Gasteiger partial charge is 0.459 e. The summed E-state index contributed by atoms with van der Waals surface area (Å²) in [4.78, 5) is 12.2. The van der Waals surface area contributed by atoms with E-state index in [1.807, 2.05) is 37.3 Å². The van der Waals surface area contributed by atoms with Crippen molar-refractivity contribution in [2.75, 3.05) is 6.26 Å². The van der Waals surface area contributed by atoms with E-state index in [1.54, 1.807) is 24.3 Å². The molecule has 0 fully saturated rings. The van der Waals surface area contributed by atoms with Crippen molar-refractivity contribution in [2.24, 2.45) is 0 Å². The Kier molecular flexibility index (Phi) is 5.55. The number of hydrogen-bond acceptors (Lipinski definition) is 4. The van der Waals surface area contributed by atoms with E-state index >= 15 is 0 Å². The highest BCUT2D eigenvalue weighted by Crippen LogP contribution is 2.12. The summed E-state index contributed by atoms with van der Waals surface area (Å²) >= 11 is 0. The molecule has 2 aromatic rings.